The summed E-state index contributed by atoms with van der Waals surface area (Å²) in [6.45, 7) is 6.44. The van der Waals surface area contributed by atoms with Crippen molar-refractivity contribution in [3.63, 3.8) is 0 Å². The van der Waals surface area contributed by atoms with Gasteiger partial charge in [0.2, 0.25) is 15.9 Å². The Bertz CT molecular complexity index is 927. The van der Waals surface area contributed by atoms with Crippen LogP contribution in [0.2, 0.25) is 0 Å². The highest BCUT2D eigenvalue weighted by molar-refractivity contribution is 7.92. The molecule has 0 saturated heterocycles. The van der Waals surface area contributed by atoms with Crippen LogP contribution < -0.4 is 19.1 Å². The van der Waals surface area contributed by atoms with Gasteiger partial charge in [0.1, 0.15) is 18.0 Å². The van der Waals surface area contributed by atoms with Gasteiger partial charge in [0.25, 0.3) is 0 Å². The molecule has 0 radical (unpaired) electrons. The van der Waals surface area contributed by atoms with E-state index in [2.05, 4.69) is 5.32 Å². The summed E-state index contributed by atoms with van der Waals surface area (Å²) in [7, 11) is -3.63. The summed E-state index contributed by atoms with van der Waals surface area (Å²) in [5.74, 6) is 0.976. The van der Waals surface area contributed by atoms with Crippen molar-refractivity contribution in [3.8, 4) is 11.5 Å². The Labute approximate surface area is 179 Å². The fraction of sp³-hybridized carbons (Fsp3) is 0.409. The number of hydrogen-bond acceptors (Lipinski definition) is 5. The summed E-state index contributed by atoms with van der Waals surface area (Å²) < 4.78 is 36.7. The molecule has 0 aliphatic rings. The number of anilines is 1. The van der Waals surface area contributed by atoms with E-state index in [-0.39, 0.29) is 19.2 Å². The third-order valence-corrected chi connectivity index (χ3v) is 5.19. The molecule has 30 heavy (non-hydrogen) atoms. The molecule has 7 nitrogen and oxygen atoms in total. The molecule has 0 bridgehead atoms. The Morgan fingerprint density at radius 1 is 1.10 bits per heavy atom. The monoisotopic (exact) mass is 434 g/mol. The van der Waals surface area contributed by atoms with E-state index in [0.717, 1.165) is 28.3 Å². The average Bonchev–Trinajstić information content (AvgIpc) is 2.68. The third kappa shape index (κ3) is 7.59. The summed E-state index contributed by atoms with van der Waals surface area (Å²) in [4.78, 5) is 12.4. The molecule has 0 atom stereocenters. The molecular weight excluding hydrogens is 404 g/mol. The average molecular weight is 435 g/mol. The number of ether oxygens (including phenoxy) is 2. The number of nitrogens with one attached hydrogen (secondary N) is 1. The molecule has 0 aromatic heterocycles. The van der Waals surface area contributed by atoms with Crippen LogP contribution in [0.25, 0.3) is 0 Å². The van der Waals surface area contributed by atoms with Crippen LogP contribution in [0.3, 0.4) is 0 Å². The molecule has 0 spiro atoms. The molecule has 0 aliphatic carbocycles. The minimum absolute atomic E-state index is 0.0527. The summed E-state index contributed by atoms with van der Waals surface area (Å²) in [6, 6.07) is 14.1. The van der Waals surface area contributed by atoms with Gasteiger partial charge in [0.05, 0.1) is 24.7 Å². The van der Waals surface area contributed by atoms with Crippen LogP contribution >= 0.6 is 0 Å². The first-order valence-corrected chi connectivity index (χ1v) is 11.8. The quantitative estimate of drug-likeness (QED) is 0.586. The highest BCUT2D eigenvalue weighted by Gasteiger charge is 2.20. The van der Waals surface area contributed by atoms with Crippen molar-refractivity contribution in [1.82, 2.24) is 5.32 Å². The molecule has 8 heteroatoms. The molecule has 0 aliphatic heterocycles. The lowest BCUT2D eigenvalue weighted by Gasteiger charge is -2.22. The van der Waals surface area contributed by atoms with Gasteiger partial charge in [-0.2, -0.15) is 0 Å². The van der Waals surface area contributed by atoms with Crippen LogP contribution in [0, 0.1) is 0 Å². The molecule has 1 amide bonds. The van der Waals surface area contributed by atoms with E-state index in [1.807, 2.05) is 45.0 Å². The molecule has 2 aromatic rings. The standard InChI is InChI=1S/C22H30N2O5S/c1-5-13-28-20-11-9-19(10-12-20)24(30(4,26)27)16-22(25)23-15-18-7-6-8-21(14-18)29-17(2)3/h6-12,14,17H,5,13,15-16H2,1-4H3,(H,23,25). The van der Waals surface area contributed by atoms with E-state index < -0.39 is 15.9 Å². The van der Waals surface area contributed by atoms with E-state index in [1.165, 1.54) is 0 Å². The fourth-order valence-electron chi connectivity index (χ4n) is 2.72. The van der Waals surface area contributed by atoms with Crippen LogP contribution in [0.1, 0.15) is 32.8 Å². The summed E-state index contributed by atoms with van der Waals surface area (Å²) in [6.07, 6.45) is 2.01. The summed E-state index contributed by atoms with van der Waals surface area (Å²) in [5.41, 5.74) is 1.27. The molecule has 0 fully saturated rings. The second-order valence-electron chi connectivity index (χ2n) is 7.20. The second kappa shape index (κ2) is 10.9. The molecule has 164 valence electrons. The first-order valence-electron chi connectivity index (χ1n) is 9.92. The minimum atomic E-state index is -3.63. The molecule has 2 rings (SSSR count). The molecule has 0 heterocycles. The van der Waals surface area contributed by atoms with Gasteiger partial charge in [0, 0.05) is 6.54 Å². The van der Waals surface area contributed by atoms with Crippen molar-refractivity contribution < 1.29 is 22.7 Å². The number of carbonyl (C=O) groups is 1. The van der Waals surface area contributed by atoms with Crippen LogP contribution in [-0.2, 0) is 21.4 Å². The van der Waals surface area contributed by atoms with Gasteiger partial charge in [-0.05, 0) is 62.2 Å². The highest BCUT2D eigenvalue weighted by atomic mass is 32.2. The van der Waals surface area contributed by atoms with Gasteiger partial charge in [-0.15, -0.1) is 0 Å². The maximum Gasteiger partial charge on any atom is 0.241 e. The third-order valence-electron chi connectivity index (χ3n) is 4.05. The van der Waals surface area contributed by atoms with Crippen LogP contribution in [0.4, 0.5) is 5.69 Å². The first kappa shape index (κ1) is 23.5. The zero-order valence-electron chi connectivity index (χ0n) is 17.9. The fourth-order valence-corrected chi connectivity index (χ4v) is 3.57. The second-order valence-corrected chi connectivity index (χ2v) is 9.11. The van der Waals surface area contributed by atoms with E-state index in [9.17, 15) is 13.2 Å². The zero-order valence-corrected chi connectivity index (χ0v) is 18.7. The van der Waals surface area contributed by atoms with Crippen molar-refractivity contribution in [1.29, 1.82) is 0 Å². The van der Waals surface area contributed by atoms with E-state index in [4.69, 9.17) is 9.47 Å². The Balaban J connectivity index is 2.02. The van der Waals surface area contributed by atoms with Gasteiger partial charge in [-0.25, -0.2) is 8.42 Å². The van der Waals surface area contributed by atoms with Gasteiger partial charge in [0.15, 0.2) is 0 Å². The van der Waals surface area contributed by atoms with Gasteiger partial charge < -0.3 is 14.8 Å². The topological polar surface area (TPSA) is 84.9 Å². The maximum atomic E-state index is 12.4. The van der Waals surface area contributed by atoms with E-state index in [0.29, 0.717) is 18.0 Å². The SMILES string of the molecule is CCCOc1ccc(N(CC(=O)NCc2cccc(OC(C)C)c2)S(C)(=O)=O)cc1. The lowest BCUT2D eigenvalue weighted by atomic mass is 10.2. The van der Waals surface area contributed by atoms with E-state index in [1.54, 1.807) is 24.3 Å². The predicted molar refractivity (Wildman–Crippen MR) is 118 cm³/mol. The number of benzene rings is 2. The van der Waals surface area contributed by atoms with Crippen molar-refractivity contribution in [2.24, 2.45) is 0 Å². The number of rotatable bonds is 11. The van der Waals surface area contributed by atoms with Crippen molar-refractivity contribution in [2.45, 2.75) is 39.8 Å². The van der Waals surface area contributed by atoms with Gasteiger partial charge >= 0.3 is 0 Å². The van der Waals surface area contributed by atoms with Gasteiger partial charge in [-0.3, -0.25) is 9.10 Å². The van der Waals surface area contributed by atoms with Crippen molar-refractivity contribution in [3.05, 3.63) is 54.1 Å². The minimum Gasteiger partial charge on any atom is -0.494 e. The van der Waals surface area contributed by atoms with Crippen LogP contribution in [0.15, 0.2) is 48.5 Å². The molecule has 2 aromatic carbocycles. The Kier molecular flexibility index (Phi) is 8.53. The highest BCUT2D eigenvalue weighted by Crippen LogP contribution is 2.22. The Morgan fingerprint density at radius 3 is 2.40 bits per heavy atom. The predicted octanol–water partition coefficient (Wildman–Crippen LogP) is 3.35. The van der Waals surface area contributed by atoms with Crippen LogP contribution in [0.5, 0.6) is 11.5 Å². The zero-order chi connectivity index (χ0) is 22.1. The maximum absolute atomic E-state index is 12.4. The number of carbonyl (C=O) groups excluding carboxylic acids is 1. The number of sulfonamides is 1. The molecule has 1 N–H and O–H groups in total. The van der Waals surface area contributed by atoms with E-state index >= 15 is 0 Å². The largest absolute Gasteiger partial charge is 0.494 e. The number of amides is 1. The smallest absolute Gasteiger partial charge is 0.241 e. The number of hydrogen-bond donors (Lipinski definition) is 1. The lowest BCUT2D eigenvalue weighted by Crippen LogP contribution is -2.40. The lowest BCUT2D eigenvalue weighted by molar-refractivity contribution is -0.119. The molecule has 0 unspecified atom stereocenters. The number of nitrogens with zero attached hydrogens (tertiary/aromatic N) is 1. The summed E-state index contributed by atoms with van der Waals surface area (Å²) in [5, 5.41) is 2.77. The van der Waals surface area contributed by atoms with Crippen molar-refractivity contribution in [2.75, 3.05) is 23.7 Å². The molecular formula is C22H30N2O5S. The van der Waals surface area contributed by atoms with Crippen LogP contribution in [-0.4, -0.2) is 39.8 Å². The van der Waals surface area contributed by atoms with Crippen molar-refractivity contribution >= 4 is 21.6 Å². The molecule has 0 saturated carbocycles. The van der Waals surface area contributed by atoms with Gasteiger partial charge in [-0.1, -0.05) is 19.1 Å². The summed E-state index contributed by atoms with van der Waals surface area (Å²) >= 11 is 0. The Morgan fingerprint density at radius 2 is 1.80 bits per heavy atom. The normalized spacial score (nSPS) is 11.2. The first-order chi connectivity index (χ1) is 14.2. The Hall–Kier alpha value is -2.74.